The number of ketones is 1. The summed E-state index contributed by atoms with van der Waals surface area (Å²) in [5, 5.41) is 0.808. The van der Waals surface area contributed by atoms with Crippen molar-refractivity contribution >= 4 is 36.8 Å². The van der Waals surface area contributed by atoms with Gasteiger partial charge in [0.05, 0.1) is 33.7 Å². The number of Topliss-reactive ketones (excluding diaryl/α,β-unsaturated/α-hetero) is 1. The molecule has 0 unspecified atom stereocenters. The van der Waals surface area contributed by atoms with E-state index >= 15 is 0 Å². The maximum atomic E-state index is 12.8. The second kappa shape index (κ2) is 10.8. The molecule has 0 amide bonds. The normalized spacial score (nSPS) is 16.3. The molecule has 0 N–H and O–H groups in total. The average molecular weight is 561 g/mol. The molecule has 0 fully saturated rings. The van der Waals surface area contributed by atoms with Crippen LogP contribution in [-0.4, -0.2) is 44.5 Å². The summed E-state index contributed by atoms with van der Waals surface area (Å²) in [5.41, 5.74) is 2.86. The molecule has 198 valence electrons. The predicted molar refractivity (Wildman–Crippen MR) is 145 cm³/mol. The molecule has 1 aliphatic heterocycles. The molecule has 0 saturated carbocycles. The summed E-state index contributed by atoms with van der Waals surface area (Å²) in [5.74, 6) is 0.409. The van der Waals surface area contributed by atoms with Gasteiger partial charge in [-0.3, -0.25) is 9.69 Å². The van der Waals surface area contributed by atoms with E-state index in [1.807, 2.05) is 12.1 Å². The van der Waals surface area contributed by atoms with Gasteiger partial charge in [0.15, 0.2) is 19.7 Å². The highest BCUT2D eigenvalue weighted by Gasteiger charge is 2.36. The Hall–Kier alpha value is -2.40. The van der Waals surface area contributed by atoms with Gasteiger partial charge in [-0.25, -0.2) is 21.8 Å². The maximum Gasteiger partial charge on any atom is 0.178 e. The number of thiazole rings is 1. The number of fused-ring (bicyclic) bond motifs is 1. The van der Waals surface area contributed by atoms with Crippen LogP contribution in [-0.2, 0) is 50.4 Å². The Balaban J connectivity index is 1.42. The molecule has 0 aliphatic carbocycles. The largest absolute Gasteiger partial charge is 0.299 e. The second-order valence-corrected chi connectivity index (χ2v) is 15.3. The molecule has 0 bridgehead atoms. The van der Waals surface area contributed by atoms with Crippen molar-refractivity contribution in [1.29, 1.82) is 0 Å². The zero-order valence-corrected chi connectivity index (χ0v) is 23.9. The minimum Gasteiger partial charge on any atom is -0.299 e. The lowest BCUT2D eigenvalue weighted by Crippen LogP contribution is -2.26. The van der Waals surface area contributed by atoms with E-state index < -0.39 is 19.7 Å². The van der Waals surface area contributed by atoms with E-state index in [1.165, 1.54) is 11.1 Å². The Bertz CT molecular complexity index is 1490. The number of nitrogens with zero attached hydrogens (tertiary/aromatic N) is 2. The molecule has 0 spiro atoms. The van der Waals surface area contributed by atoms with E-state index in [-0.39, 0.29) is 35.3 Å². The third-order valence-electron chi connectivity index (χ3n) is 6.57. The average Bonchev–Trinajstić information content (AvgIpc) is 3.35. The summed E-state index contributed by atoms with van der Waals surface area (Å²) >= 11 is 1.58. The second-order valence-electron chi connectivity index (χ2n) is 9.87. The molecule has 1 aromatic heterocycles. The van der Waals surface area contributed by atoms with E-state index in [9.17, 15) is 21.6 Å². The number of carbonyl (C=O) groups excluding carboxylic acids is 1. The highest BCUT2D eigenvalue weighted by Crippen LogP contribution is 2.42. The molecule has 10 heteroatoms. The van der Waals surface area contributed by atoms with Gasteiger partial charge in [-0.1, -0.05) is 45.0 Å². The van der Waals surface area contributed by atoms with Gasteiger partial charge >= 0.3 is 0 Å². The number of aromatic nitrogens is 1. The number of rotatable bonds is 10. The number of sulfone groups is 2. The van der Waals surface area contributed by atoms with Gasteiger partial charge in [-0.15, -0.1) is 11.3 Å². The smallest absolute Gasteiger partial charge is 0.178 e. The van der Waals surface area contributed by atoms with Crippen LogP contribution in [0, 0.1) is 5.92 Å². The van der Waals surface area contributed by atoms with Crippen molar-refractivity contribution in [3.8, 4) is 0 Å². The van der Waals surface area contributed by atoms with Crippen molar-refractivity contribution in [2.75, 3.05) is 12.0 Å². The van der Waals surface area contributed by atoms with Gasteiger partial charge in [0.1, 0.15) is 10.8 Å². The lowest BCUT2D eigenvalue weighted by atomic mass is 10.0. The van der Waals surface area contributed by atoms with Gasteiger partial charge in [0, 0.05) is 30.6 Å². The number of hydrogen-bond acceptors (Lipinski definition) is 8. The Kier molecular flexibility index (Phi) is 8.04. The molecule has 7 nitrogen and oxygen atoms in total. The van der Waals surface area contributed by atoms with Crippen LogP contribution < -0.4 is 0 Å². The first kappa shape index (κ1) is 27.6. The summed E-state index contributed by atoms with van der Waals surface area (Å²) < 4.78 is 47.5. The molecule has 2 aromatic carbocycles. The standard InChI is InChI=1S/C27H32N2O5S3/c1-5-37(33,34)23-12-6-19(7-13-23)14-21(30)15-25-28-26-24(35-25)17-29(27(26)18(2)3)16-20-8-10-22(11-9-20)36(4,31)32/h6-13,18,27H,5,14-17H2,1-4H3/t27-/m1/s1. The van der Waals surface area contributed by atoms with Gasteiger partial charge in [-0.2, -0.15) is 0 Å². The third kappa shape index (κ3) is 6.37. The number of carbonyl (C=O) groups is 1. The minimum atomic E-state index is -3.26. The van der Waals surface area contributed by atoms with Crippen molar-refractivity contribution in [2.45, 2.75) is 62.5 Å². The summed E-state index contributed by atoms with van der Waals surface area (Å²) in [6, 6.07) is 13.7. The zero-order chi connectivity index (χ0) is 27.0. The van der Waals surface area contributed by atoms with Crippen LogP contribution in [0.4, 0.5) is 0 Å². The van der Waals surface area contributed by atoms with Crippen LogP contribution in [0.3, 0.4) is 0 Å². The molecule has 1 aliphatic rings. The van der Waals surface area contributed by atoms with Crippen molar-refractivity contribution < 1.29 is 21.6 Å². The summed E-state index contributed by atoms with van der Waals surface area (Å²) in [6.45, 7) is 7.36. The van der Waals surface area contributed by atoms with Crippen LogP contribution in [0.2, 0.25) is 0 Å². The topological polar surface area (TPSA) is 101 Å². The predicted octanol–water partition coefficient (Wildman–Crippen LogP) is 4.41. The van der Waals surface area contributed by atoms with Crippen LogP contribution in [0.15, 0.2) is 58.3 Å². The lowest BCUT2D eigenvalue weighted by molar-refractivity contribution is -0.117. The number of hydrogen-bond donors (Lipinski definition) is 0. The first-order valence-electron chi connectivity index (χ1n) is 12.2. The highest BCUT2D eigenvalue weighted by atomic mass is 32.2. The van der Waals surface area contributed by atoms with Gasteiger partial charge < -0.3 is 0 Å². The van der Waals surface area contributed by atoms with Crippen LogP contribution in [0.5, 0.6) is 0 Å². The Morgan fingerprint density at radius 2 is 1.57 bits per heavy atom. The molecular weight excluding hydrogens is 529 g/mol. The SMILES string of the molecule is CCS(=O)(=O)c1ccc(CC(=O)Cc2nc3c(s2)CN(Cc2ccc(S(C)(=O)=O)cc2)[C@@H]3C(C)C)cc1. The van der Waals surface area contributed by atoms with Crippen molar-refractivity contribution in [2.24, 2.45) is 5.92 Å². The third-order valence-corrected chi connectivity index (χ3v) is 10.5. The molecule has 3 aromatic rings. The van der Waals surface area contributed by atoms with E-state index in [2.05, 4.69) is 18.7 Å². The Labute approximate surface area is 223 Å². The maximum absolute atomic E-state index is 12.8. The van der Waals surface area contributed by atoms with Crippen molar-refractivity contribution in [3.63, 3.8) is 0 Å². The van der Waals surface area contributed by atoms with Gasteiger partial charge in [0.25, 0.3) is 0 Å². The first-order chi connectivity index (χ1) is 17.4. The van der Waals surface area contributed by atoms with Crippen LogP contribution in [0.25, 0.3) is 0 Å². The van der Waals surface area contributed by atoms with Crippen LogP contribution >= 0.6 is 11.3 Å². The van der Waals surface area contributed by atoms with E-state index in [0.717, 1.165) is 28.4 Å². The highest BCUT2D eigenvalue weighted by molar-refractivity contribution is 7.91. The fourth-order valence-electron chi connectivity index (χ4n) is 4.70. The summed E-state index contributed by atoms with van der Waals surface area (Å²) in [4.78, 5) is 21.7. The van der Waals surface area contributed by atoms with Crippen LogP contribution in [0.1, 0.15) is 53.5 Å². The fourth-order valence-corrected chi connectivity index (χ4v) is 7.38. The summed E-state index contributed by atoms with van der Waals surface area (Å²) in [6.07, 6.45) is 1.70. The monoisotopic (exact) mass is 560 g/mol. The van der Waals surface area contributed by atoms with Gasteiger partial charge in [-0.05, 0) is 41.3 Å². The molecule has 0 saturated heterocycles. The lowest BCUT2D eigenvalue weighted by Gasteiger charge is -2.27. The quantitative estimate of drug-likeness (QED) is 0.362. The minimum absolute atomic E-state index is 0.0439. The first-order valence-corrected chi connectivity index (χ1v) is 16.6. The number of benzene rings is 2. The van der Waals surface area contributed by atoms with E-state index in [0.29, 0.717) is 17.4 Å². The summed E-state index contributed by atoms with van der Waals surface area (Å²) in [7, 11) is -6.48. The molecule has 1 atom stereocenters. The Morgan fingerprint density at radius 1 is 0.973 bits per heavy atom. The molecular formula is C27H32N2O5S3. The molecule has 0 radical (unpaired) electrons. The van der Waals surface area contributed by atoms with E-state index in [4.69, 9.17) is 4.98 Å². The van der Waals surface area contributed by atoms with Gasteiger partial charge in [0.2, 0.25) is 0 Å². The fraction of sp³-hybridized carbons (Fsp3) is 0.407. The van der Waals surface area contributed by atoms with Crippen molar-refractivity contribution in [1.82, 2.24) is 9.88 Å². The Morgan fingerprint density at radius 3 is 2.14 bits per heavy atom. The van der Waals surface area contributed by atoms with E-state index in [1.54, 1.807) is 54.7 Å². The molecule has 2 heterocycles. The molecule has 37 heavy (non-hydrogen) atoms. The zero-order valence-electron chi connectivity index (χ0n) is 21.5. The molecule has 4 rings (SSSR count). The van der Waals surface area contributed by atoms with Crippen molar-refractivity contribution in [3.05, 3.63) is 75.2 Å².